The van der Waals surface area contributed by atoms with E-state index >= 15 is 0 Å². The molecule has 1 unspecified atom stereocenters. The van der Waals surface area contributed by atoms with Crippen molar-refractivity contribution in [2.75, 3.05) is 19.9 Å². The number of hydrogen-bond acceptors (Lipinski definition) is 3. The number of carbonyl (C=O) groups is 1. The Bertz CT molecular complexity index is 810. The maximum atomic E-state index is 13.2. The van der Waals surface area contributed by atoms with Gasteiger partial charge in [-0.2, -0.15) is 0 Å². The second-order valence-electron chi connectivity index (χ2n) is 7.04. The van der Waals surface area contributed by atoms with Crippen molar-refractivity contribution in [2.45, 2.75) is 31.7 Å². The zero-order valence-corrected chi connectivity index (χ0v) is 15.1. The van der Waals surface area contributed by atoms with Crippen molar-refractivity contribution in [3.63, 3.8) is 0 Å². The number of nitrogens with one attached hydrogen (secondary N) is 1. The van der Waals surface area contributed by atoms with Crippen LogP contribution in [0.5, 0.6) is 11.5 Å². The Labute approximate surface area is 158 Å². The Kier molecular flexibility index (Phi) is 5.14. The molecule has 2 aromatic rings. The molecule has 0 saturated carbocycles. The van der Waals surface area contributed by atoms with Crippen LogP contribution in [-0.2, 0) is 6.54 Å². The number of ether oxygens (including phenoxy) is 2. The van der Waals surface area contributed by atoms with Gasteiger partial charge in [0.15, 0.2) is 11.5 Å². The molecule has 0 radical (unpaired) electrons. The highest BCUT2D eigenvalue weighted by Gasteiger charge is 2.23. The van der Waals surface area contributed by atoms with Gasteiger partial charge in [-0.25, -0.2) is 9.18 Å². The second-order valence-corrected chi connectivity index (χ2v) is 7.04. The van der Waals surface area contributed by atoms with Crippen molar-refractivity contribution < 1.29 is 18.7 Å². The van der Waals surface area contributed by atoms with E-state index in [1.165, 1.54) is 12.1 Å². The zero-order valence-electron chi connectivity index (χ0n) is 15.1. The van der Waals surface area contributed by atoms with E-state index in [1.807, 2.05) is 35.2 Å². The topological polar surface area (TPSA) is 50.8 Å². The van der Waals surface area contributed by atoms with Crippen LogP contribution in [0, 0.1) is 5.82 Å². The maximum Gasteiger partial charge on any atom is 0.317 e. The molecule has 6 heteroatoms. The number of hydrogen-bond donors (Lipinski definition) is 1. The van der Waals surface area contributed by atoms with E-state index in [0.29, 0.717) is 18.8 Å². The van der Waals surface area contributed by atoms with Gasteiger partial charge in [0.1, 0.15) is 5.82 Å². The van der Waals surface area contributed by atoms with Crippen LogP contribution in [0.15, 0.2) is 42.5 Å². The number of nitrogens with zero attached hydrogens (tertiary/aromatic N) is 1. The Balaban J connectivity index is 1.37. The summed E-state index contributed by atoms with van der Waals surface area (Å²) in [6.07, 6.45) is 3.06. The number of rotatable bonds is 3. The summed E-state index contributed by atoms with van der Waals surface area (Å²) in [5, 5.41) is 3.00. The molecule has 0 spiro atoms. The number of urea groups is 1. The monoisotopic (exact) mass is 370 g/mol. The van der Waals surface area contributed by atoms with E-state index in [9.17, 15) is 9.18 Å². The summed E-state index contributed by atoms with van der Waals surface area (Å²) in [6, 6.07) is 12.3. The highest BCUT2D eigenvalue weighted by molar-refractivity contribution is 5.74. The summed E-state index contributed by atoms with van der Waals surface area (Å²) >= 11 is 0. The van der Waals surface area contributed by atoms with Crippen LogP contribution in [0.1, 0.15) is 36.3 Å². The Morgan fingerprint density at radius 3 is 2.78 bits per heavy atom. The summed E-state index contributed by atoms with van der Waals surface area (Å²) in [4.78, 5) is 14.6. The SMILES string of the molecule is O=C(NCc1ccc2c(c1)OCO2)N1CCCCC(c2ccc(F)cc2)C1. The molecule has 2 amide bonds. The van der Waals surface area contributed by atoms with Gasteiger partial charge in [0, 0.05) is 25.6 Å². The normalized spacial score (nSPS) is 18.9. The molecule has 4 rings (SSSR count). The summed E-state index contributed by atoms with van der Waals surface area (Å²) in [6.45, 7) is 2.07. The first-order valence-corrected chi connectivity index (χ1v) is 9.36. The molecular formula is C21H23FN2O3. The summed E-state index contributed by atoms with van der Waals surface area (Å²) in [5.74, 6) is 1.46. The number of fused-ring (bicyclic) bond motifs is 1. The van der Waals surface area contributed by atoms with E-state index < -0.39 is 0 Å². The molecule has 1 saturated heterocycles. The van der Waals surface area contributed by atoms with Crippen molar-refractivity contribution in [2.24, 2.45) is 0 Å². The number of amides is 2. The highest BCUT2D eigenvalue weighted by atomic mass is 19.1. The van der Waals surface area contributed by atoms with Crippen molar-refractivity contribution in [1.82, 2.24) is 10.2 Å². The van der Waals surface area contributed by atoms with Gasteiger partial charge in [-0.15, -0.1) is 0 Å². The largest absolute Gasteiger partial charge is 0.454 e. The number of likely N-dealkylation sites (tertiary alicyclic amines) is 1. The minimum absolute atomic E-state index is 0.0679. The van der Waals surface area contributed by atoms with Gasteiger partial charge in [0.25, 0.3) is 0 Å². The quantitative estimate of drug-likeness (QED) is 0.887. The first-order valence-electron chi connectivity index (χ1n) is 9.36. The van der Waals surface area contributed by atoms with Crippen LogP contribution in [0.25, 0.3) is 0 Å². The van der Waals surface area contributed by atoms with Crippen molar-refractivity contribution in [1.29, 1.82) is 0 Å². The van der Waals surface area contributed by atoms with Crippen molar-refractivity contribution in [3.05, 3.63) is 59.4 Å². The van der Waals surface area contributed by atoms with Crippen LogP contribution in [0.3, 0.4) is 0 Å². The van der Waals surface area contributed by atoms with Gasteiger partial charge < -0.3 is 19.7 Å². The number of carbonyl (C=O) groups excluding carboxylic acids is 1. The van der Waals surface area contributed by atoms with Gasteiger partial charge in [-0.3, -0.25) is 0 Å². The van der Waals surface area contributed by atoms with Crippen LogP contribution in [0.2, 0.25) is 0 Å². The third kappa shape index (κ3) is 4.15. The average Bonchev–Trinajstić information content (AvgIpc) is 3.01. The van der Waals surface area contributed by atoms with E-state index in [1.54, 1.807) is 0 Å². The van der Waals surface area contributed by atoms with Gasteiger partial charge in [0.2, 0.25) is 6.79 Å². The molecule has 2 aliphatic rings. The predicted molar refractivity (Wildman–Crippen MR) is 99.4 cm³/mol. The molecule has 1 N–H and O–H groups in total. The third-order valence-electron chi connectivity index (χ3n) is 5.18. The molecule has 0 aromatic heterocycles. The van der Waals surface area contributed by atoms with Crippen molar-refractivity contribution >= 4 is 6.03 Å². The van der Waals surface area contributed by atoms with Crippen LogP contribution in [-0.4, -0.2) is 30.8 Å². The van der Waals surface area contributed by atoms with E-state index in [4.69, 9.17) is 9.47 Å². The van der Waals surface area contributed by atoms with Crippen LogP contribution in [0.4, 0.5) is 9.18 Å². The summed E-state index contributed by atoms with van der Waals surface area (Å²) in [5.41, 5.74) is 2.06. The van der Waals surface area contributed by atoms with Gasteiger partial charge in [-0.05, 0) is 48.2 Å². The molecular weight excluding hydrogens is 347 g/mol. The molecule has 2 aromatic carbocycles. The minimum Gasteiger partial charge on any atom is -0.454 e. The molecule has 2 heterocycles. The Morgan fingerprint density at radius 1 is 1.11 bits per heavy atom. The molecule has 27 heavy (non-hydrogen) atoms. The first-order chi connectivity index (χ1) is 13.2. The molecule has 0 bridgehead atoms. The summed E-state index contributed by atoms with van der Waals surface area (Å²) in [7, 11) is 0. The molecule has 5 nitrogen and oxygen atoms in total. The van der Waals surface area contributed by atoms with E-state index in [2.05, 4.69) is 5.32 Å². The Morgan fingerprint density at radius 2 is 1.93 bits per heavy atom. The molecule has 1 fully saturated rings. The lowest BCUT2D eigenvalue weighted by atomic mass is 9.94. The standard InChI is InChI=1S/C21H23FN2O3/c22-18-7-5-16(6-8-18)17-3-1-2-10-24(13-17)21(25)23-12-15-4-9-19-20(11-15)27-14-26-19/h4-9,11,17H,1-3,10,12-14H2,(H,23,25). The maximum absolute atomic E-state index is 13.2. The fourth-order valence-corrected chi connectivity index (χ4v) is 3.67. The predicted octanol–water partition coefficient (Wildman–Crippen LogP) is 4.03. The molecule has 1 atom stereocenters. The first kappa shape index (κ1) is 17.6. The lowest BCUT2D eigenvalue weighted by Gasteiger charge is -2.25. The minimum atomic E-state index is -0.231. The van der Waals surface area contributed by atoms with E-state index in [-0.39, 0.29) is 24.6 Å². The lowest BCUT2D eigenvalue weighted by molar-refractivity contribution is 0.174. The van der Waals surface area contributed by atoms with Crippen LogP contribution >= 0.6 is 0 Å². The molecule has 0 aliphatic carbocycles. The van der Waals surface area contributed by atoms with Gasteiger partial charge in [-0.1, -0.05) is 24.6 Å². The summed E-state index contributed by atoms with van der Waals surface area (Å²) < 4.78 is 23.9. The fraction of sp³-hybridized carbons (Fsp3) is 0.381. The molecule has 2 aliphatic heterocycles. The Hall–Kier alpha value is -2.76. The van der Waals surface area contributed by atoms with Crippen LogP contribution < -0.4 is 14.8 Å². The lowest BCUT2D eigenvalue weighted by Crippen LogP contribution is -2.41. The van der Waals surface area contributed by atoms with E-state index in [0.717, 1.165) is 42.7 Å². The second kappa shape index (κ2) is 7.86. The van der Waals surface area contributed by atoms with Gasteiger partial charge >= 0.3 is 6.03 Å². The van der Waals surface area contributed by atoms with Crippen molar-refractivity contribution in [3.8, 4) is 11.5 Å². The number of benzene rings is 2. The van der Waals surface area contributed by atoms with Gasteiger partial charge in [0.05, 0.1) is 0 Å². The fourth-order valence-electron chi connectivity index (χ4n) is 3.67. The third-order valence-corrected chi connectivity index (χ3v) is 5.18. The zero-order chi connectivity index (χ0) is 18.6. The molecule has 142 valence electrons. The smallest absolute Gasteiger partial charge is 0.317 e. The average molecular weight is 370 g/mol. The highest BCUT2D eigenvalue weighted by Crippen LogP contribution is 2.32. The number of halogens is 1.